The fourth-order valence-electron chi connectivity index (χ4n) is 5.99. The highest BCUT2D eigenvalue weighted by Crippen LogP contribution is 2.29. The van der Waals surface area contributed by atoms with Gasteiger partial charge in [-0.1, -0.05) is 91.0 Å². The summed E-state index contributed by atoms with van der Waals surface area (Å²) in [5.74, 6) is 0. The van der Waals surface area contributed by atoms with Gasteiger partial charge in [0, 0.05) is 5.69 Å². The topological polar surface area (TPSA) is 48.4 Å². The van der Waals surface area contributed by atoms with Crippen molar-refractivity contribution in [3.05, 3.63) is 160 Å². The molecule has 3 heterocycles. The van der Waals surface area contributed by atoms with Crippen LogP contribution in [0.3, 0.4) is 0 Å². The van der Waals surface area contributed by atoms with Crippen LogP contribution in [0.2, 0.25) is 0 Å². The zero-order valence-electron chi connectivity index (χ0n) is 21.9. The maximum absolute atomic E-state index is 14.2. The Balaban J connectivity index is 1.41. The molecule has 3 aromatic heterocycles. The first-order chi connectivity index (χ1) is 20.2. The molecule has 0 unspecified atom stereocenters. The molecule has 0 N–H and O–H groups in total. The summed E-state index contributed by atoms with van der Waals surface area (Å²) in [5.41, 5.74) is 8.00. The van der Waals surface area contributed by atoms with Crippen molar-refractivity contribution in [1.82, 2.24) is 13.5 Å². The van der Waals surface area contributed by atoms with Crippen molar-refractivity contribution in [3.63, 3.8) is 0 Å². The minimum atomic E-state index is -0.140. The summed E-state index contributed by atoms with van der Waals surface area (Å²) in [6.45, 7) is 0. The highest BCUT2D eigenvalue weighted by atomic mass is 16.1. The summed E-state index contributed by atoms with van der Waals surface area (Å²) >= 11 is 0. The van der Waals surface area contributed by atoms with Crippen LogP contribution in [-0.4, -0.2) is 13.5 Å². The highest BCUT2D eigenvalue weighted by Gasteiger charge is 2.21. The summed E-state index contributed by atoms with van der Waals surface area (Å²) in [7, 11) is 0. The van der Waals surface area contributed by atoms with E-state index < -0.39 is 0 Å². The molecular weight excluding hydrogens is 506 g/mol. The monoisotopic (exact) mass is 529 g/mol. The maximum atomic E-state index is 14.2. The van der Waals surface area contributed by atoms with Gasteiger partial charge in [0.2, 0.25) is 0 Å². The standard InChI is InChI=1S/C36H23N3O2/c40-35-30-18-9-19-31-34(30)39-32(36(41)37(31)28-16-7-14-26(22-28)24-10-3-1-4-11-24)20-21-33(39)38(35)29-17-8-15-27(23-29)25-12-5-2-6-13-25/h1-23H. The first-order valence-corrected chi connectivity index (χ1v) is 13.5. The molecule has 0 aliphatic carbocycles. The van der Waals surface area contributed by atoms with Crippen molar-refractivity contribution in [2.75, 3.05) is 0 Å². The lowest BCUT2D eigenvalue weighted by atomic mass is 10.0. The fourth-order valence-corrected chi connectivity index (χ4v) is 5.99. The van der Waals surface area contributed by atoms with Gasteiger partial charge in [0.1, 0.15) is 11.2 Å². The van der Waals surface area contributed by atoms with Crippen LogP contribution in [0.4, 0.5) is 0 Å². The van der Waals surface area contributed by atoms with E-state index >= 15 is 0 Å². The zero-order chi connectivity index (χ0) is 27.5. The molecule has 0 aliphatic heterocycles. The van der Waals surface area contributed by atoms with Crippen molar-refractivity contribution >= 4 is 27.6 Å². The van der Waals surface area contributed by atoms with Crippen molar-refractivity contribution in [2.24, 2.45) is 0 Å². The quantitative estimate of drug-likeness (QED) is 0.240. The fraction of sp³-hybridized carbons (Fsp3) is 0. The van der Waals surface area contributed by atoms with E-state index in [1.807, 2.05) is 120 Å². The summed E-state index contributed by atoms with van der Waals surface area (Å²) in [6, 6.07) is 45.4. The van der Waals surface area contributed by atoms with E-state index in [9.17, 15) is 9.59 Å². The molecule has 0 saturated carbocycles. The van der Waals surface area contributed by atoms with Crippen molar-refractivity contribution < 1.29 is 0 Å². The van der Waals surface area contributed by atoms with E-state index in [1.54, 1.807) is 9.13 Å². The van der Waals surface area contributed by atoms with Gasteiger partial charge in [-0.3, -0.25) is 23.1 Å². The third-order valence-corrected chi connectivity index (χ3v) is 7.85. The number of benzene rings is 5. The molecule has 41 heavy (non-hydrogen) atoms. The predicted octanol–water partition coefficient (Wildman–Crippen LogP) is 7.32. The Bertz CT molecular complexity index is 2350. The van der Waals surface area contributed by atoms with Crippen molar-refractivity contribution in [1.29, 1.82) is 0 Å². The molecule has 0 aliphatic rings. The minimum Gasteiger partial charge on any atom is -0.288 e. The van der Waals surface area contributed by atoms with E-state index in [1.165, 1.54) is 0 Å². The Kier molecular flexibility index (Phi) is 5.06. The normalized spacial score (nSPS) is 11.6. The molecule has 5 nitrogen and oxygen atoms in total. The molecule has 0 bridgehead atoms. The second kappa shape index (κ2) is 8.93. The van der Waals surface area contributed by atoms with E-state index in [0.717, 1.165) is 39.1 Å². The van der Waals surface area contributed by atoms with Crippen LogP contribution in [0.15, 0.2) is 149 Å². The lowest BCUT2D eigenvalue weighted by molar-refractivity contribution is 0.981. The van der Waals surface area contributed by atoms with Gasteiger partial charge in [-0.2, -0.15) is 0 Å². The van der Waals surface area contributed by atoms with Gasteiger partial charge in [-0.15, -0.1) is 0 Å². The first-order valence-electron chi connectivity index (χ1n) is 13.5. The number of nitrogens with zero attached hydrogens (tertiary/aromatic N) is 3. The summed E-state index contributed by atoms with van der Waals surface area (Å²) in [4.78, 5) is 28.3. The molecule has 0 radical (unpaired) electrons. The Labute approximate surface area is 234 Å². The Morgan fingerprint density at radius 1 is 0.415 bits per heavy atom. The molecule has 8 aromatic rings. The number of hydrogen-bond acceptors (Lipinski definition) is 2. The van der Waals surface area contributed by atoms with Crippen LogP contribution in [0, 0.1) is 0 Å². The largest absolute Gasteiger partial charge is 0.288 e. The summed E-state index contributed by atoms with van der Waals surface area (Å²) < 4.78 is 5.37. The summed E-state index contributed by atoms with van der Waals surface area (Å²) in [6.07, 6.45) is 0. The molecule has 8 rings (SSSR count). The van der Waals surface area contributed by atoms with Crippen LogP contribution in [0.5, 0.6) is 0 Å². The molecular formula is C36H23N3O2. The van der Waals surface area contributed by atoms with Crippen LogP contribution in [0.1, 0.15) is 0 Å². The van der Waals surface area contributed by atoms with E-state index in [2.05, 4.69) is 24.3 Å². The zero-order valence-corrected chi connectivity index (χ0v) is 21.9. The number of aromatic nitrogens is 3. The molecule has 194 valence electrons. The van der Waals surface area contributed by atoms with Crippen LogP contribution >= 0.6 is 0 Å². The number of rotatable bonds is 4. The lowest BCUT2D eigenvalue weighted by Gasteiger charge is -2.18. The van der Waals surface area contributed by atoms with Gasteiger partial charge in [-0.25, -0.2) is 0 Å². The molecule has 5 heteroatoms. The van der Waals surface area contributed by atoms with E-state index in [0.29, 0.717) is 22.1 Å². The molecule has 0 amide bonds. The van der Waals surface area contributed by atoms with Crippen LogP contribution in [-0.2, 0) is 0 Å². The number of hydrogen-bond donors (Lipinski definition) is 0. The van der Waals surface area contributed by atoms with E-state index in [4.69, 9.17) is 0 Å². The second-order valence-corrected chi connectivity index (χ2v) is 10.2. The Morgan fingerprint density at radius 3 is 1.61 bits per heavy atom. The molecule has 0 fully saturated rings. The van der Waals surface area contributed by atoms with Crippen molar-refractivity contribution in [3.8, 4) is 33.6 Å². The van der Waals surface area contributed by atoms with Crippen LogP contribution in [0.25, 0.3) is 61.2 Å². The number of para-hydroxylation sites is 1. The Hall–Kier alpha value is -5.68. The van der Waals surface area contributed by atoms with Gasteiger partial charge in [0.05, 0.1) is 22.1 Å². The van der Waals surface area contributed by atoms with Gasteiger partial charge in [0.15, 0.2) is 0 Å². The highest BCUT2D eigenvalue weighted by molar-refractivity contribution is 5.98. The predicted molar refractivity (Wildman–Crippen MR) is 166 cm³/mol. The van der Waals surface area contributed by atoms with E-state index in [-0.39, 0.29) is 11.1 Å². The minimum absolute atomic E-state index is 0.128. The Morgan fingerprint density at radius 2 is 0.976 bits per heavy atom. The average molecular weight is 530 g/mol. The van der Waals surface area contributed by atoms with Gasteiger partial charge >= 0.3 is 0 Å². The second-order valence-electron chi connectivity index (χ2n) is 10.2. The third kappa shape index (κ3) is 3.49. The van der Waals surface area contributed by atoms with Crippen molar-refractivity contribution in [2.45, 2.75) is 0 Å². The van der Waals surface area contributed by atoms with Gasteiger partial charge in [-0.05, 0) is 70.8 Å². The van der Waals surface area contributed by atoms with Gasteiger partial charge < -0.3 is 0 Å². The molecule has 5 aromatic carbocycles. The molecule has 0 atom stereocenters. The first kappa shape index (κ1) is 23.2. The maximum Gasteiger partial charge on any atom is 0.279 e. The SMILES string of the molecule is O=c1c2ccc3n(-c4cccc(-c5ccccc5)c4)c(=O)c4cccc(c4n23)n1-c1cccc(-c2ccccc2)c1. The molecule has 0 spiro atoms. The third-order valence-electron chi connectivity index (χ3n) is 7.85. The van der Waals surface area contributed by atoms with Gasteiger partial charge in [0.25, 0.3) is 11.1 Å². The smallest absolute Gasteiger partial charge is 0.279 e. The summed E-state index contributed by atoms with van der Waals surface area (Å²) in [5, 5.41) is 0.550. The lowest BCUT2D eigenvalue weighted by Crippen LogP contribution is -2.26. The van der Waals surface area contributed by atoms with Crippen LogP contribution < -0.4 is 11.1 Å². The average Bonchev–Trinajstić information content (AvgIpc) is 3.48. The molecule has 0 saturated heterocycles.